The van der Waals surface area contributed by atoms with Crippen molar-refractivity contribution in [2.75, 3.05) is 30.9 Å². The molecule has 3 atom stereocenters. The van der Waals surface area contributed by atoms with Crippen LogP contribution in [0.25, 0.3) is 10.9 Å². The Kier molecular flexibility index (Phi) is 5.41. The minimum absolute atomic E-state index is 0.00918. The lowest BCUT2D eigenvalue weighted by atomic mass is 9.78. The zero-order chi connectivity index (χ0) is 22.9. The fourth-order valence-electron chi connectivity index (χ4n) is 4.87. The maximum absolute atomic E-state index is 15.2. The third kappa shape index (κ3) is 3.40. The van der Waals surface area contributed by atoms with E-state index in [0.717, 1.165) is 6.42 Å². The van der Waals surface area contributed by atoms with E-state index >= 15 is 4.39 Å². The first-order valence-electron chi connectivity index (χ1n) is 10.4. The second-order valence-corrected chi connectivity index (χ2v) is 11.2. The van der Waals surface area contributed by atoms with E-state index in [9.17, 15) is 4.79 Å². The Labute approximate surface area is 203 Å². The van der Waals surface area contributed by atoms with Crippen LogP contribution in [0.1, 0.15) is 27.2 Å². The Hall–Kier alpha value is -1.52. The largest absolute Gasteiger partial charge is 0.489 e. The number of ether oxygens (including phenoxy) is 2. The Morgan fingerprint density at radius 2 is 2.12 bits per heavy atom. The molecule has 1 saturated carbocycles. The molecule has 172 valence electrons. The van der Waals surface area contributed by atoms with Crippen molar-refractivity contribution in [3.05, 3.63) is 15.3 Å². The van der Waals surface area contributed by atoms with E-state index < -0.39 is 11.4 Å². The summed E-state index contributed by atoms with van der Waals surface area (Å²) in [6, 6.07) is 0.0604. The van der Waals surface area contributed by atoms with Gasteiger partial charge in [-0.2, -0.15) is 0 Å². The highest BCUT2D eigenvalue weighted by Gasteiger charge is 2.57. The van der Waals surface area contributed by atoms with Gasteiger partial charge in [0.25, 0.3) is 0 Å². The number of anilines is 1. The minimum Gasteiger partial charge on any atom is -0.489 e. The molecule has 1 aliphatic carbocycles. The molecule has 0 spiro atoms. The van der Waals surface area contributed by atoms with E-state index in [4.69, 9.17) is 26.1 Å². The van der Waals surface area contributed by atoms with Crippen molar-refractivity contribution < 1.29 is 18.7 Å². The van der Waals surface area contributed by atoms with Gasteiger partial charge in [-0.3, -0.25) is 0 Å². The Bertz CT molecular complexity index is 1130. The maximum Gasteiger partial charge on any atom is 0.410 e. The van der Waals surface area contributed by atoms with Gasteiger partial charge in [0.15, 0.2) is 16.7 Å². The summed E-state index contributed by atoms with van der Waals surface area (Å²) in [5, 5.41) is 1.11. The molecular weight excluding hydrogens is 523 g/mol. The summed E-state index contributed by atoms with van der Waals surface area (Å²) in [7, 11) is 0. The number of benzene rings is 1. The second-order valence-electron chi connectivity index (χ2n) is 9.26. The molecule has 2 aromatic rings. The number of rotatable bonds is 2. The summed E-state index contributed by atoms with van der Waals surface area (Å²) in [4.78, 5) is 25.9. The second kappa shape index (κ2) is 7.77. The zero-order valence-electron chi connectivity index (χ0n) is 18.1. The summed E-state index contributed by atoms with van der Waals surface area (Å²) >= 11 is 11.0. The van der Waals surface area contributed by atoms with Gasteiger partial charge in [-0.1, -0.05) is 23.4 Å². The molecule has 0 radical (unpaired) electrons. The number of carbonyl (C=O) groups is 1. The van der Waals surface area contributed by atoms with Crippen LogP contribution in [-0.2, 0) is 4.74 Å². The van der Waals surface area contributed by atoms with Crippen molar-refractivity contribution in [3.8, 4) is 5.75 Å². The lowest BCUT2D eigenvalue weighted by Gasteiger charge is -2.44. The van der Waals surface area contributed by atoms with Gasteiger partial charge in [-0.05, 0) is 49.4 Å². The lowest BCUT2D eigenvalue weighted by molar-refractivity contribution is 0.0232. The molecule has 7 nitrogen and oxygen atoms in total. The van der Waals surface area contributed by atoms with E-state index in [1.165, 1.54) is 11.8 Å². The smallest absolute Gasteiger partial charge is 0.410 e. The summed E-state index contributed by atoms with van der Waals surface area (Å²) in [5.41, 5.74) is -0.379. The van der Waals surface area contributed by atoms with Gasteiger partial charge in [-0.25, -0.2) is 19.2 Å². The predicted octanol–water partition coefficient (Wildman–Crippen LogP) is 5.11. The molecule has 6 rings (SSSR count). The van der Waals surface area contributed by atoms with Crippen molar-refractivity contribution in [3.63, 3.8) is 0 Å². The summed E-state index contributed by atoms with van der Waals surface area (Å²) in [5.74, 6) is 0.736. The number of carbonyl (C=O) groups excluding carboxylic acids is 1. The Balaban J connectivity index is 1.58. The fourth-order valence-corrected chi connectivity index (χ4v) is 5.83. The van der Waals surface area contributed by atoms with Gasteiger partial charge in [-0.15, -0.1) is 0 Å². The highest BCUT2D eigenvalue weighted by Crippen LogP contribution is 2.50. The quantitative estimate of drug-likeness (QED) is 0.295. The van der Waals surface area contributed by atoms with Crippen LogP contribution >= 0.6 is 39.3 Å². The average Bonchev–Trinajstić information content (AvgIpc) is 3.27. The predicted molar refractivity (Wildman–Crippen MR) is 125 cm³/mol. The van der Waals surface area contributed by atoms with Crippen molar-refractivity contribution in [2.45, 2.75) is 50.0 Å². The number of aromatic nitrogens is 2. The van der Waals surface area contributed by atoms with Crippen molar-refractivity contribution in [2.24, 2.45) is 5.92 Å². The number of halogens is 3. The van der Waals surface area contributed by atoms with Crippen LogP contribution in [0.5, 0.6) is 5.75 Å². The summed E-state index contributed by atoms with van der Waals surface area (Å²) < 4.78 is 26.9. The first-order valence-corrected chi connectivity index (χ1v) is 12.8. The number of hydrogen-bond donors (Lipinski definition) is 0. The van der Waals surface area contributed by atoms with Crippen molar-refractivity contribution >= 4 is 62.1 Å². The van der Waals surface area contributed by atoms with Crippen LogP contribution < -0.4 is 9.64 Å². The van der Waals surface area contributed by atoms with Gasteiger partial charge in [0, 0.05) is 12.5 Å². The Morgan fingerprint density at radius 3 is 2.81 bits per heavy atom. The lowest BCUT2D eigenvalue weighted by Crippen LogP contribution is -2.57. The monoisotopic (exact) mass is 544 g/mol. The molecule has 2 bridgehead atoms. The number of nitrogens with zero attached hydrogens (tertiary/aromatic N) is 4. The molecule has 32 heavy (non-hydrogen) atoms. The van der Waals surface area contributed by atoms with Crippen LogP contribution in [0.2, 0.25) is 5.02 Å². The average molecular weight is 546 g/mol. The van der Waals surface area contributed by atoms with Gasteiger partial charge >= 0.3 is 6.09 Å². The summed E-state index contributed by atoms with van der Waals surface area (Å²) in [6.45, 7) is 7.13. The fraction of sp³-hybridized carbons (Fsp3) is 0.571. The number of fused-ring (bicyclic) bond motifs is 1. The van der Waals surface area contributed by atoms with E-state index in [0.29, 0.717) is 41.8 Å². The standard InChI is InChI=1S/C21H23BrClFN4O3S/c1-21(2,3)31-20(29)28-8-9-7-10(28)16(9)27-5-6-30-17-11-15(14(24)12(22)13(17)23)25-19(32-4)26-18(11)27/h9-10,16H,5-8H2,1-4H3. The van der Waals surface area contributed by atoms with Crippen LogP contribution in [0, 0.1) is 11.7 Å². The third-order valence-electron chi connectivity index (χ3n) is 6.16. The van der Waals surface area contributed by atoms with Gasteiger partial charge in [0.1, 0.15) is 28.6 Å². The molecule has 4 aliphatic rings. The molecule has 1 aromatic heterocycles. The zero-order valence-corrected chi connectivity index (χ0v) is 21.3. The van der Waals surface area contributed by atoms with Crippen molar-refractivity contribution in [1.29, 1.82) is 0 Å². The normalized spacial score (nSPS) is 24.3. The highest BCUT2D eigenvalue weighted by atomic mass is 79.9. The minimum atomic E-state index is -0.553. The molecule has 1 amide bonds. The number of thioether (sulfide) groups is 1. The van der Waals surface area contributed by atoms with Gasteiger partial charge in [0.05, 0.1) is 28.5 Å². The summed E-state index contributed by atoms with van der Waals surface area (Å²) in [6.07, 6.45) is 2.47. The van der Waals surface area contributed by atoms with Crippen LogP contribution in [0.3, 0.4) is 0 Å². The van der Waals surface area contributed by atoms with E-state index in [-0.39, 0.29) is 39.1 Å². The molecule has 3 unspecified atom stereocenters. The Morgan fingerprint density at radius 1 is 1.38 bits per heavy atom. The molecule has 3 aliphatic heterocycles. The number of hydrogen-bond acceptors (Lipinski definition) is 7. The molecule has 2 saturated heterocycles. The molecule has 11 heteroatoms. The first kappa shape index (κ1) is 22.3. The van der Waals surface area contributed by atoms with Crippen LogP contribution in [-0.4, -0.2) is 64.6 Å². The molecule has 4 heterocycles. The topological polar surface area (TPSA) is 67.8 Å². The number of amides is 1. The van der Waals surface area contributed by atoms with E-state index in [1.54, 1.807) is 0 Å². The third-order valence-corrected chi connectivity index (χ3v) is 8.04. The molecular formula is C21H23BrClFN4O3S. The molecule has 1 aromatic carbocycles. The molecule has 3 fully saturated rings. The van der Waals surface area contributed by atoms with Crippen LogP contribution in [0.15, 0.2) is 9.63 Å². The van der Waals surface area contributed by atoms with Gasteiger partial charge in [0.2, 0.25) is 0 Å². The maximum atomic E-state index is 15.2. The highest BCUT2D eigenvalue weighted by molar-refractivity contribution is 9.10. The van der Waals surface area contributed by atoms with Gasteiger partial charge < -0.3 is 19.3 Å². The first-order chi connectivity index (χ1) is 15.1. The van der Waals surface area contributed by atoms with Crippen molar-refractivity contribution in [1.82, 2.24) is 14.9 Å². The van der Waals surface area contributed by atoms with E-state index in [2.05, 4.69) is 25.8 Å². The molecule has 0 N–H and O–H groups in total. The van der Waals surface area contributed by atoms with E-state index in [1.807, 2.05) is 31.9 Å². The van der Waals surface area contributed by atoms with Crippen LogP contribution in [0.4, 0.5) is 15.0 Å². The SMILES string of the molecule is CSc1nc2c3c(c(Cl)c(Br)c(F)c3n1)OCCN2C1C2CC1N(C(=O)OC(C)(C)C)C2.